The summed E-state index contributed by atoms with van der Waals surface area (Å²) in [5.74, 6) is 0.318. The average molecular weight is 334 g/mol. The second-order valence-corrected chi connectivity index (χ2v) is 7.71. The third-order valence-electron chi connectivity index (χ3n) is 4.73. The molecule has 0 aromatic heterocycles. The van der Waals surface area contributed by atoms with Gasteiger partial charge in [-0.05, 0) is 18.9 Å². The molecule has 126 valence electrons. The predicted octanol–water partition coefficient (Wildman–Crippen LogP) is 2.25. The molecule has 1 aromatic rings. The van der Waals surface area contributed by atoms with Crippen molar-refractivity contribution in [2.45, 2.75) is 30.9 Å². The number of carbonyl (C=O) groups is 1. The van der Waals surface area contributed by atoms with E-state index < -0.39 is 0 Å². The summed E-state index contributed by atoms with van der Waals surface area (Å²) in [6, 6.07) is 8.65. The number of aryl methyl sites for hydroxylation is 1. The number of nitrogens with one attached hydrogen (secondary N) is 1. The van der Waals surface area contributed by atoms with Crippen molar-refractivity contribution in [3.05, 3.63) is 35.4 Å². The topological polar surface area (TPSA) is 35.6 Å². The van der Waals surface area contributed by atoms with Gasteiger partial charge in [-0.1, -0.05) is 36.8 Å². The van der Waals surface area contributed by atoms with Crippen molar-refractivity contribution in [2.75, 3.05) is 39.3 Å². The maximum atomic E-state index is 12.7. The van der Waals surface area contributed by atoms with Crippen molar-refractivity contribution in [2.24, 2.45) is 0 Å². The van der Waals surface area contributed by atoms with Crippen LogP contribution in [0.25, 0.3) is 0 Å². The fourth-order valence-electron chi connectivity index (χ4n) is 3.26. The Morgan fingerprint density at radius 1 is 1.17 bits per heavy atom. The fourth-order valence-corrected chi connectivity index (χ4v) is 4.69. The van der Waals surface area contributed by atoms with Crippen LogP contribution in [0.4, 0.5) is 0 Å². The van der Waals surface area contributed by atoms with Crippen LogP contribution in [0.15, 0.2) is 24.3 Å². The van der Waals surface area contributed by atoms with Gasteiger partial charge in [-0.15, -0.1) is 11.8 Å². The number of nitrogens with zero attached hydrogens (tertiary/aromatic N) is 2. The van der Waals surface area contributed by atoms with Crippen molar-refractivity contribution >= 4 is 17.7 Å². The van der Waals surface area contributed by atoms with Crippen molar-refractivity contribution in [1.29, 1.82) is 0 Å². The monoisotopic (exact) mass is 333 g/mol. The number of amides is 1. The molecule has 1 aromatic carbocycles. The van der Waals surface area contributed by atoms with Crippen LogP contribution < -0.4 is 5.32 Å². The van der Waals surface area contributed by atoms with Crippen LogP contribution in [0.3, 0.4) is 0 Å². The van der Waals surface area contributed by atoms with Gasteiger partial charge in [-0.3, -0.25) is 9.69 Å². The Hall–Kier alpha value is -1.04. The predicted molar refractivity (Wildman–Crippen MR) is 96.6 cm³/mol. The van der Waals surface area contributed by atoms with Gasteiger partial charge in [0.25, 0.3) is 0 Å². The van der Waals surface area contributed by atoms with E-state index in [4.69, 9.17) is 0 Å². The molecule has 2 aliphatic rings. The number of hydrogen-bond acceptors (Lipinski definition) is 4. The highest BCUT2D eigenvalue weighted by Gasteiger charge is 2.39. The number of carbonyl (C=O) groups excluding carboxylic acids is 1. The summed E-state index contributed by atoms with van der Waals surface area (Å²) >= 11 is 1.82. The van der Waals surface area contributed by atoms with E-state index in [9.17, 15) is 4.79 Å². The van der Waals surface area contributed by atoms with Gasteiger partial charge in [-0.2, -0.15) is 0 Å². The molecular weight excluding hydrogens is 306 g/mol. The lowest BCUT2D eigenvalue weighted by Crippen LogP contribution is -2.47. The minimum atomic E-state index is 0.115. The first kappa shape index (κ1) is 16.8. The molecule has 2 saturated heterocycles. The Morgan fingerprint density at radius 2 is 1.87 bits per heavy atom. The maximum absolute atomic E-state index is 12.7. The summed E-state index contributed by atoms with van der Waals surface area (Å²) in [6.07, 6.45) is 0.913. The molecule has 23 heavy (non-hydrogen) atoms. The lowest BCUT2D eigenvalue weighted by molar-refractivity contribution is -0.130. The molecule has 2 heterocycles. The first-order chi connectivity index (χ1) is 11.2. The normalized spacial score (nSPS) is 26.0. The van der Waals surface area contributed by atoms with Gasteiger partial charge in [0.2, 0.25) is 5.91 Å². The molecule has 5 heteroatoms. The highest BCUT2D eigenvalue weighted by atomic mass is 32.2. The second kappa shape index (κ2) is 7.69. The van der Waals surface area contributed by atoms with Crippen LogP contribution in [0.1, 0.15) is 29.8 Å². The Labute approximate surface area is 143 Å². The van der Waals surface area contributed by atoms with Gasteiger partial charge < -0.3 is 10.2 Å². The molecule has 2 fully saturated rings. The molecule has 2 aliphatic heterocycles. The van der Waals surface area contributed by atoms with Crippen LogP contribution in [0.5, 0.6) is 0 Å². The number of piperazine rings is 1. The number of rotatable bonds is 5. The van der Waals surface area contributed by atoms with Crippen LogP contribution in [0, 0.1) is 6.92 Å². The van der Waals surface area contributed by atoms with Gasteiger partial charge in [0.15, 0.2) is 0 Å². The van der Waals surface area contributed by atoms with E-state index in [2.05, 4.69) is 53.2 Å². The smallest absolute Gasteiger partial charge is 0.236 e. The number of hydrogen-bond donors (Lipinski definition) is 1. The number of benzene rings is 1. The molecule has 0 unspecified atom stereocenters. The quantitative estimate of drug-likeness (QED) is 0.896. The van der Waals surface area contributed by atoms with Crippen molar-refractivity contribution in [3.63, 3.8) is 0 Å². The average Bonchev–Trinajstić information content (AvgIpc) is 2.90. The van der Waals surface area contributed by atoms with Crippen LogP contribution in [0.2, 0.25) is 0 Å². The van der Waals surface area contributed by atoms with E-state index in [1.54, 1.807) is 0 Å². The van der Waals surface area contributed by atoms with Crippen LogP contribution in [-0.4, -0.2) is 60.2 Å². The van der Waals surface area contributed by atoms with Crippen molar-refractivity contribution < 1.29 is 4.79 Å². The molecule has 3 rings (SSSR count). The van der Waals surface area contributed by atoms with Gasteiger partial charge in [-0.25, -0.2) is 0 Å². The summed E-state index contributed by atoms with van der Waals surface area (Å²) in [5, 5.41) is 3.67. The van der Waals surface area contributed by atoms with Crippen molar-refractivity contribution in [1.82, 2.24) is 15.1 Å². The van der Waals surface area contributed by atoms with Crippen LogP contribution in [-0.2, 0) is 4.79 Å². The highest BCUT2D eigenvalue weighted by Crippen LogP contribution is 2.43. The molecule has 4 nitrogen and oxygen atoms in total. The molecule has 0 spiro atoms. The first-order valence-corrected chi connectivity index (χ1v) is 9.59. The molecule has 0 bridgehead atoms. The summed E-state index contributed by atoms with van der Waals surface area (Å²) in [6.45, 7) is 10.3. The van der Waals surface area contributed by atoms with E-state index in [1.807, 2.05) is 11.8 Å². The third-order valence-corrected chi connectivity index (χ3v) is 6.38. The largest absolute Gasteiger partial charge is 0.324 e. The Balaban J connectivity index is 1.70. The van der Waals surface area contributed by atoms with Crippen LogP contribution >= 0.6 is 11.8 Å². The minimum Gasteiger partial charge on any atom is -0.324 e. The van der Waals surface area contributed by atoms with Gasteiger partial charge in [0.05, 0.1) is 5.25 Å². The lowest BCUT2D eigenvalue weighted by atomic mass is 10.1. The van der Waals surface area contributed by atoms with Gasteiger partial charge in [0, 0.05) is 39.3 Å². The van der Waals surface area contributed by atoms with Crippen molar-refractivity contribution in [3.8, 4) is 0 Å². The summed E-state index contributed by atoms with van der Waals surface area (Å²) < 4.78 is 0. The SMILES string of the molecule is CC[C@@H]1S[C@H](c2ccc(C)cc2)N(CCN2CCNCC2)C1=O. The highest BCUT2D eigenvalue weighted by molar-refractivity contribution is 8.01. The fraction of sp³-hybridized carbons (Fsp3) is 0.611. The molecule has 1 amide bonds. The molecule has 2 atom stereocenters. The molecule has 0 aliphatic carbocycles. The number of thioether (sulfide) groups is 1. The zero-order valence-corrected chi connectivity index (χ0v) is 14.9. The molecule has 0 saturated carbocycles. The van der Waals surface area contributed by atoms with Gasteiger partial charge in [0.1, 0.15) is 5.37 Å². The lowest BCUT2D eigenvalue weighted by Gasteiger charge is -2.31. The Morgan fingerprint density at radius 3 is 2.52 bits per heavy atom. The first-order valence-electron chi connectivity index (χ1n) is 8.64. The van der Waals surface area contributed by atoms with E-state index in [0.29, 0.717) is 5.91 Å². The van der Waals surface area contributed by atoms with E-state index in [-0.39, 0.29) is 10.6 Å². The minimum absolute atomic E-state index is 0.115. The van der Waals surface area contributed by atoms with E-state index >= 15 is 0 Å². The Bertz CT molecular complexity index is 528. The van der Waals surface area contributed by atoms with Gasteiger partial charge >= 0.3 is 0 Å². The van der Waals surface area contributed by atoms with E-state index in [0.717, 1.165) is 45.7 Å². The molecule has 1 N–H and O–H groups in total. The Kier molecular flexibility index (Phi) is 5.62. The third kappa shape index (κ3) is 3.90. The van der Waals surface area contributed by atoms with E-state index in [1.165, 1.54) is 11.1 Å². The zero-order chi connectivity index (χ0) is 16.2. The summed E-state index contributed by atoms with van der Waals surface area (Å²) in [5.41, 5.74) is 2.52. The molecule has 0 radical (unpaired) electrons. The standard InChI is InChI=1S/C18H27N3OS/c1-3-16-17(22)21(13-12-20-10-8-19-9-11-20)18(23-16)15-6-4-14(2)5-7-15/h4-7,16,18-19H,3,8-13H2,1-2H3/t16-,18+/m0/s1. The summed E-state index contributed by atoms with van der Waals surface area (Å²) in [7, 11) is 0. The summed E-state index contributed by atoms with van der Waals surface area (Å²) in [4.78, 5) is 17.3. The second-order valence-electron chi connectivity index (χ2n) is 6.42. The maximum Gasteiger partial charge on any atom is 0.236 e. The molecular formula is C18H27N3OS. The zero-order valence-electron chi connectivity index (χ0n) is 14.1.